The van der Waals surface area contributed by atoms with Gasteiger partial charge in [-0.05, 0) is 111 Å². The molecule has 0 amide bonds. The summed E-state index contributed by atoms with van der Waals surface area (Å²) in [5.74, 6) is 1.82. The van der Waals surface area contributed by atoms with Crippen molar-refractivity contribution >= 4 is 74.5 Å². The molecule has 0 spiro atoms. The quantitative estimate of drug-likeness (QED) is 0.167. The number of para-hydroxylation sites is 3. The summed E-state index contributed by atoms with van der Waals surface area (Å²) in [7, 11) is 0. The molecule has 5 heteroatoms. The van der Waals surface area contributed by atoms with E-state index in [1.54, 1.807) is 0 Å². The van der Waals surface area contributed by atoms with Crippen LogP contribution >= 0.6 is 0 Å². The van der Waals surface area contributed by atoms with Gasteiger partial charge in [0, 0.05) is 39.8 Å². The van der Waals surface area contributed by atoms with Crippen molar-refractivity contribution in [2.24, 2.45) is 0 Å². The van der Waals surface area contributed by atoms with Crippen LogP contribution in [0.15, 0.2) is 164 Å². The molecule has 7 aromatic rings. The minimum atomic E-state index is 0.00876. The first-order chi connectivity index (χ1) is 26.1. The maximum Gasteiger partial charge on any atom is 0.254 e. The van der Waals surface area contributed by atoms with E-state index in [0.717, 1.165) is 40.1 Å². The van der Waals surface area contributed by atoms with Gasteiger partial charge in [0.2, 0.25) is 0 Å². The second-order valence-electron chi connectivity index (χ2n) is 16.6. The van der Waals surface area contributed by atoms with E-state index >= 15 is 0 Å². The number of anilines is 9. The highest BCUT2D eigenvalue weighted by Gasteiger charge is 2.44. The van der Waals surface area contributed by atoms with Crippen LogP contribution in [0.1, 0.15) is 52.7 Å². The zero-order valence-electron chi connectivity index (χ0n) is 32.0. The Morgan fingerprint density at radius 3 is 1.48 bits per heavy atom. The lowest BCUT2D eigenvalue weighted by atomic mass is 9.33. The molecule has 2 aliphatic heterocycles. The van der Waals surface area contributed by atoms with E-state index in [4.69, 9.17) is 4.98 Å². The Morgan fingerprint density at radius 2 is 0.926 bits per heavy atom. The average Bonchev–Trinajstić information content (AvgIpc) is 3.18. The van der Waals surface area contributed by atoms with Gasteiger partial charge in [0.15, 0.2) is 0 Å². The lowest BCUT2D eigenvalue weighted by Crippen LogP contribution is -2.61. The number of rotatable bonds is 5. The lowest BCUT2D eigenvalue weighted by Gasteiger charge is -2.43. The van der Waals surface area contributed by atoms with E-state index in [1.807, 2.05) is 0 Å². The first-order valence-electron chi connectivity index (χ1n) is 19.0. The van der Waals surface area contributed by atoms with E-state index in [0.29, 0.717) is 0 Å². The summed E-state index contributed by atoms with van der Waals surface area (Å²) in [6.45, 7) is 13.6. The number of nitrogens with zero attached hydrogens (tertiary/aromatic N) is 4. The van der Waals surface area contributed by atoms with Gasteiger partial charge in [-0.2, -0.15) is 0 Å². The van der Waals surface area contributed by atoms with Crippen molar-refractivity contribution in [2.45, 2.75) is 52.4 Å². The molecular weight excluding hydrogens is 655 g/mol. The molecule has 0 unspecified atom stereocenters. The minimum Gasteiger partial charge on any atom is -0.311 e. The second-order valence-corrected chi connectivity index (χ2v) is 16.6. The number of hydrogen-bond donors (Lipinski definition) is 0. The molecule has 4 nitrogen and oxygen atoms in total. The Labute approximate surface area is 320 Å². The fourth-order valence-corrected chi connectivity index (χ4v) is 8.19. The van der Waals surface area contributed by atoms with Crippen molar-refractivity contribution in [2.75, 3.05) is 14.7 Å². The summed E-state index contributed by atoms with van der Waals surface area (Å²) in [6, 6.07) is 59.6. The molecule has 1 aromatic heterocycles. The van der Waals surface area contributed by atoms with Gasteiger partial charge in [-0.3, -0.25) is 9.80 Å². The van der Waals surface area contributed by atoms with Gasteiger partial charge >= 0.3 is 0 Å². The normalized spacial score (nSPS) is 13.3. The van der Waals surface area contributed by atoms with Crippen LogP contribution in [0.3, 0.4) is 0 Å². The summed E-state index contributed by atoms with van der Waals surface area (Å²) >= 11 is 0. The molecule has 0 atom stereocenters. The highest BCUT2D eigenvalue weighted by molar-refractivity contribution is 7.00. The standard InChI is InChI=1S/C49H45BN4/c1-48(2,3)34-24-28-38(29-25-34)52(39-30-26-35(27-31-39)49(4,5)6)45-33-32-41-47(51-45)54(37-18-11-8-12-19-37)44-23-15-22-43-46(44)50(41)40-20-13-14-21-42(40)53(43)36-16-9-7-10-17-36/h7-33H,1-6H3. The number of aromatic nitrogens is 1. The van der Waals surface area contributed by atoms with Crippen LogP contribution in [0, 0.1) is 0 Å². The number of fused-ring (bicyclic) bond motifs is 4. The molecule has 0 saturated carbocycles. The van der Waals surface area contributed by atoms with E-state index in [2.05, 4.69) is 220 Å². The highest BCUT2D eigenvalue weighted by atomic mass is 15.3. The first kappa shape index (κ1) is 33.8. The molecule has 54 heavy (non-hydrogen) atoms. The number of hydrogen-bond acceptors (Lipinski definition) is 4. The molecule has 0 radical (unpaired) electrons. The highest BCUT2D eigenvalue weighted by Crippen LogP contribution is 2.44. The van der Waals surface area contributed by atoms with Crippen LogP contribution in [0.25, 0.3) is 0 Å². The molecule has 0 aliphatic carbocycles. The minimum absolute atomic E-state index is 0.00876. The number of benzene rings is 6. The fraction of sp³-hybridized carbons (Fsp3) is 0.163. The molecule has 264 valence electrons. The Morgan fingerprint density at radius 1 is 0.444 bits per heavy atom. The molecule has 0 bridgehead atoms. The van der Waals surface area contributed by atoms with E-state index in [-0.39, 0.29) is 17.5 Å². The largest absolute Gasteiger partial charge is 0.311 e. The summed E-state index contributed by atoms with van der Waals surface area (Å²) < 4.78 is 0. The van der Waals surface area contributed by atoms with Crippen LogP contribution in [0.2, 0.25) is 0 Å². The van der Waals surface area contributed by atoms with Crippen molar-refractivity contribution in [1.29, 1.82) is 0 Å². The van der Waals surface area contributed by atoms with Gasteiger partial charge in [-0.1, -0.05) is 133 Å². The summed E-state index contributed by atoms with van der Waals surface area (Å²) in [5, 5.41) is 0. The zero-order valence-corrected chi connectivity index (χ0v) is 32.0. The molecule has 9 rings (SSSR count). The lowest BCUT2D eigenvalue weighted by molar-refractivity contribution is 0.590. The predicted octanol–water partition coefficient (Wildman–Crippen LogP) is 11.2. The third-order valence-corrected chi connectivity index (χ3v) is 11.0. The molecule has 2 aliphatic rings. The molecule has 3 heterocycles. The van der Waals surface area contributed by atoms with Gasteiger partial charge < -0.3 is 4.90 Å². The van der Waals surface area contributed by atoms with Gasteiger partial charge in [0.25, 0.3) is 6.71 Å². The van der Waals surface area contributed by atoms with E-state index < -0.39 is 0 Å². The third kappa shape index (κ3) is 5.67. The third-order valence-electron chi connectivity index (χ3n) is 11.0. The Bertz CT molecular complexity index is 2410. The van der Waals surface area contributed by atoms with Crippen molar-refractivity contribution in [1.82, 2.24) is 4.98 Å². The zero-order chi connectivity index (χ0) is 37.2. The van der Waals surface area contributed by atoms with Crippen molar-refractivity contribution in [3.05, 3.63) is 175 Å². The molecule has 6 aromatic carbocycles. The smallest absolute Gasteiger partial charge is 0.254 e. The van der Waals surface area contributed by atoms with Crippen LogP contribution < -0.4 is 31.1 Å². The van der Waals surface area contributed by atoms with Crippen LogP contribution in [-0.4, -0.2) is 11.7 Å². The van der Waals surface area contributed by atoms with Gasteiger partial charge in [0.05, 0.1) is 0 Å². The Hall–Kier alpha value is -6.07. The maximum atomic E-state index is 5.71. The summed E-state index contributed by atoms with van der Waals surface area (Å²) in [6.07, 6.45) is 0. The Balaban J connectivity index is 1.28. The first-order valence-corrected chi connectivity index (χ1v) is 19.0. The van der Waals surface area contributed by atoms with Gasteiger partial charge in [-0.25, -0.2) is 4.98 Å². The molecule has 0 fully saturated rings. The molecular formula is C49H45BN4. The van der Waals surface area contributed by atoms with Crippen LogP contribution in [0.5, 0.6) is 0 Å². The average molecular weight is 701 g/mol. The van der Waals surface area contributed by atoms with Crippen molar-refractivity contribution in [3.63, 3.8) is 0 Å². The summed E-state index contributed by atoms with van der Waals surface area (Å²) in [4.78, 5) is 12.8. The van der Waals surface area contributed by atoms with Gasteiger partial charge in [-0.15, -0.1) is 0 Å². The van der Waals surface area contributed by atoms with Crippen molar-refractivity contribution in [3.8, 4) is 0 Å². The molecule has 0 N–H and O–H groups in total. The predicted molar refractivity (Wildman–Crippen MR) is 230 cm³/mol. The van der Waals surface area contributed by atoms with E-state index in [1.165, 1.54) is 38.9 Å². The summed E-state index contributed by atoms with van der Waals surface area (Å²) in [5.41, 5.74) is 14.4. The monoisotopic (exact) mass is 700 g/mol. The van der Waals surface area contributed by atoms with Crippen molar-refractivity contribution < 1.29 is 0 Å². The Kier molecular flexibility index (Phi) is 8.00. The number of pyridine rings is 1. The topological polar surface area (TPSA) is 22.6 Å². The fourth-order valence-electron chi connectivity index (χ4n) is 8.19. The van der Waals surface area contributed by atoms with Crippen LogP contribution in [-0.2, 0) is 10.8 Å². The van der Waals surface area contributed by atoms with Gasteiger partial charge in [0.1, 0.15) is 11.6 Å². The SMILES string of the molecule is CC(C)(C)c1ccc(N(c2ccc(C(C)(C)C)cc2)c2ccc3c(n2)N(c2ccccc2)c2cccc4c2B3c2ccccc2N4c2ccccc2)cc1. The molecule has 0 saturated heterocycles. The van der Waals surface area contributed by atoms with Crippen LogP contribution in [0.4, 0.5) is 51.4 Å². The second kappa shape index (κ2) is 12.8. The van der Waals surface area contributed by atoms with E-state index in [9.17, 15) is 0 Å². The maximum absolute atomic E-state index is 5.71.